The molecule has 2 N–H and O–H groups in total. The number of halogens is 1. The van der Waals surface area contributed by atoms with Crippen LogP contribution in [-0.2, 0) is 6.54 Å². The van der Waals surface area contributed by atoms with Crippen molar-refractivity contribution in [3.8, 4) is 11.1 Å². The topological polar surface area (TPSA) is 43.8 Å². The zero-order valence-corrected chi connectivity index (χ0v) is 9.44. The first-order valence-electron chi connectivity index (χ1n) is 5.72. The molecular formula is C13H14FN3. The summed E-state index contributed by atoms with van der Waals surface area (Å²) in [5.41, 5.74) is 7.95. The van der Waals surface area contributed by atoms with Crippen LogP contribution >= 0.6 is 0 Å². The van der Waals surface area contributed by atoms with Crippen molar-refractivity contribution >= 4 is 0 Å². The van der Waals surface area contributed by atoms with Gasteiger partial charge in [0.1, 0.15) is 5.82 Å². The van der Waals surface area contributed by atoms with Gasteiger partial charge in [-0.2, -0.15) is 5.10 Å². The molecule has 0 atom stereocenters. The summed E-state index contributed by atoms with van der Waals surface area (Å²) in [7, 11) is 0. The summed E-state index contributed by atoms with van der Waals surface area (Å²) in [6.45, 7) is 0.758. The quantitative estimate of drug-likeness (QED) is 0.879. The average molecular weight is 231 g/mol. The van der Waals surface area contributed by atoms with Crippen molar-refractivity contribution in [3.05, 3.63) is 42.5 Å². The number of benzene rings is 1. The maximum Gasteiger partial charge on any atom is 0.123 e. The van der Waals surface area contributed by atoms with Gasteiger partial charge in [-0.3, -0.25) is 4.68 Å². The molecule has 1 aliphatic rings. The normalized spacial score (nSPS) is 17.1. The summed E-state index contributed by atoms with van der Waals surface area (Å²) >= 11 is 0. The van der Waals surface area contributed by atoms with Gasteiger partial charge in [-0.1, -0.05) is 12.1 Å². The fourth-order valence-corrected chi connectivity index (χ4v) is 1.88. The summed E-state index contributed by atoms with van der Waals surface area (Å²) in [6.07, 6.45) is 5.89. The Hall–Kier alpha value is -1.68. The van der Waals surface area contributed by atoms with Crippen molar-refractivity contribution < 1.29 is 4.39 Å². The van der Waals surface area contributed by atoms with Gasteiger partial charge in [0.15, 0.2) is 0 Å². The Morgan fingerprint density at radius 1 is 1.24 bits per heavy atom. The lowest BCUT2D eigenvalue weighted by molar-refractivity contribution is 0.500. The molecule has 0 bridgehead atoms. The minimum Gasteiger partial charge on any atom is -0.324 e. The van der Waals surface area contributed by atoms with Crippen molar-refractivity contribution in [2.75, 3.05) is 0 Å². The zero-order valence-electron chi connectivity index (χ0n) is 9.44. The van der Waals surface area contributed by atoms with E-state index in [1.54, 1.807) is 18.3 Å². The molecule has 1 aliphatic carbocycles. The second-order valence-corrected chi connectivity index (χ2v) is 4.80. The molecule has 0 unspecified atom stereocenters. The zero-order chi connectivity index (χ0) is 11.9. The highest BCUT2D eigenvalue weighted by atomic mass is 19.1. The van der Waals surface area contributed by atoms with Crippen LogP contribution in [0.25, 0.3) is 11.1 Å². The molecule has 0 saturated heterocycles. The Kier molecular flexibility index (Phi) is 2.26. The van der Waals surface area contributed by atoms with Gasteiger partial charge >= 0.3 is 0 Å². The molecule has 3 rings (SSSR count). The van der Waals surface area contributed by atoms with Crippen LogP contribution in [0.1, 0.15) is 12.8 Å². The first-order valence-corrected chi connectivity index (χ1v) is 5.72. The van der Waals surface area contributed by atoms with E-state index in [2.05, 4.69) is 5.10 Å². The van der Waals surface area contributed by atoms with Crippen LogP contribution in [0.5, 0.6) is 0 Å². The Morgan fingerprint density at radius 3 is 2.59 bits per heavy atom. The Balaban J connectivity index is 1.82. The minimum absolute atomic E-state index is 0.0495. The van der Waals surface area contributed by atoms with E-state index in [1.165, 1.54) is 12.1 Å². The van der Waals surface area contributed by atoms with Crippen LogP contribution in [0.3, 0.4) is 0 Å². The fraction of sp³-hybridized carbons (Fsp3) is 0.308. The van der Waals surface area contributed by atoms with Gasteiger partial charge in [0.25, 0.3) is 0 Å². The molecule has 17 heavy (non-hydrogen) atoms. The van der Waals surface area contributed by atoms with E-state index in [0.717, 1.165) is 30.5 Å². The van der Waals surface area contributed by atoms with E-state index in [0.29, 0.717) is 0 Å². The summed E-state index contributed by atoms with van der Waals surface area (Å²) in [4.78, 5) is 0. The van der Waals surface area contributed by atoms with Crippen LogP contribution in [0.4, 0.5) is 4.39 Å². The number of nitrogens with two attached hydrogens (primary N) is 1. The first-order chi connectivity index (χ1) is 8.15. The van der Waals surface area contributed by atoms with Gasteiger partial charge in [-0.25, -0.2) is 4.39 Å². The Labute approximate surface area is 99.1 Å². The second-order valence-electron chi connectivity index (χ2n) is 4.80. The van der Waals surface area contributed by atoms with Crippen LogP contribution in [0, 0.1) is 5.82 Å². The van der Waals surface area contributed by atoms with Crippen molar-refractivity contribution in [1.29, 1.82) is 0 Å². The molecule has 2 aromatic rings. The van der Waals surface area contributed by atoms with Crippen molar-refractivity contribution in [2.24, 2.45) is 5.73 Å². The highest BCUT2D eigenvalue weighted by Crippen LogP contribution is 2.33. The molecule has 0 amide bonds. The number of aromatic nitrogens is 2. The molecule has 0 aliphatic heterocycles. The van der Waals surface area contributed by atoms with Crippen LogP contribution in [0.15, 0.2) is 36.7 Å². The van der Waals surface area contributed by atoms with E-state index >= 15 is 0 Å². The second kappa shape index (κ2) is 3.67. The first kappa shape index (κ1) is 10.5. The van der Waals surface area contributed by atoms with E-state index < -0.39 is 0 Å². The molecule has 1 aromatic carbocycles. The largest absolute Gasteiger partial charge is 0.324 e. The van der Waals surface area contributed by atoms with E-state index in [1.807, 2.05) is 10.9 Å². The van der Waals surface area contributed by atoms with Gasteiger partial charge in [-0.05, 0) is 30.5 Å². The third kappa shape index (κ3) is 2.22. The van der Waals surface area contributed by atoms with Gasteiger partial charge in [0.2, 0.25) is 0 Å². The van der Waals surface area contributed by atoms with Crippen LogP contribution < -0.4 is 5.73 Å². The standard InChI is InChI=1S/C13H14FN3/c14-12-3-1-10(2-4-12)11-7-16-17(8-11)9-13(15)5-6-13/h1-4,7-8H,5-6,9,15H2. The summed E-state index contributed by atoms with van der Waals surface area (Å²) in [5.74, 6) is -0.222. The van der Waals surface area contributed by atoms with Crippen LogP contribution in [0.2, 0.25) is 0 Å². The monoisotopic (exact) mass is 231 g/mol. The predicted octanol–water partition coefficient (Wildman–Crippen LogP) is 2.18. The molecule has 0 radical (unpaired) electrons. The number of hydrogen-bond acceptors (Lipinski definition) is 2. The maximum absolute atomic E-state index is 12.8. The summed E-state index contributed by atoms with van der Waals surface area (Å²) < 4.78 is 14.7. The summed E-state index contributed by atoms with van der Waals surface area (Å²) in [6, 6.07) is 6.42. The smallest absolute Gasteiger partial charge is 0.123 e. The SMILES string of the molecule is NC1(Cn2cc(-c3ccc(F)cc3)cn2)CC1. The lowest BCUT2D eigenvalue weighted by Crippen LogP contribution is -2.28. The maximum atomic E-state index is 12.8. The molecule has 1 heterocycles. The van der Waals surface area contributed by atoms with Gasteiger partial charge in [0, 0.05) is 17.3 Å². The summed E-state index contributed by atoms with van der Waals surface area (Å²) in [5, 5.41) is 4.28. The van der Waals surface area contributed by atoms with Crippen molar-refractivity contribution in [3.63, 3.8) is 0 Å². The average Bonchev–Trinajstić information content (AvgIpc) is 2.86. The van der Waals surface area contributed by atoms with Gasteiger partial charge in [-0.15, -0.1) is 0 Å². The van der Waals surface area contributed by atoms with E-state index in [-0.39, 0.29) is 11.4 Å². The third-order valence-electron chi connectivity index (χ3n) is 3.18. The number of hydrogen-bond donors (Lipinski definition) is 1. The number of rotatable bonds is 3. The Morgan fingerprint density at radius 2 is 1.94 bits per heavy atom. The third-order valence-corrected chi connectivity index (χ3v) is 3.18. The van der Waals surface area contributed by atoms with Gasteiger partial charge < -0.3 is 5.73 Å². The van der Waals surface area contributed by atoms with Crippen LogP contribution in [-0.4, -0.2) is 15.3 Å². The highest BCUT2D eigenvalue weighted by Gasteiger charge is 2.38. The highest BCUT2D eigenvalue weighted by molar-refractivity contribution is 5.61. The predicted molar refractivity (Wildman–Crippen MR) is 63.8 cm³/mol. The molecule has 1 fully saturated rings. The van der Waals surface area contributed by atoms with Gasteiger partial charge in [0.05, 0.1) is 12.7 Å². The molecule has 0 spiro atoms. The lowest BCUT2D eigenvalue weighted by atomic mass is 10.1. The fourth-order valence-electron chi connectivity index (χ4n) is 1.88. The van der Waals surface area contributed by atoms with E-state index in [9.17, 15) is 4.39 Å². The van der Waals surface area contributed by atoms with Crippen molar-refractivity contribution in [2.45, 2.75) is 24.9 Å². The number of nitrogens with zero attached hydrogens (tertiary/aromatic N) is 2. The Bertz CT molecular complexity index is 526. The molecule has 4 heteroatoms. The molecule has 1 aromatic heterocycles. The molecule has 1 saturated carbocycles. The van der Waals surface area contributed by atoms with E-state index in [4.69, 9.17) is 5.73 Å². The molecule has 88 valence electrons. The molecule has 3 nitrogen and oxygen atoms in total. The van der Waals surface area contributed by atoms with Crippen molar-refractivity contribution in [1.82, 2.24) is 9.78 Å². The minimum atomic E-state index is -0.222. The molecular weight excluding hydrogens is 217 g/mol. The lowest BCUT2D eigenvalue weighted by Gasteiger charge is -2.07.